The summed E-state index contributed by atoms with van der Waals surface area (Å²) in [5.74, 6) is -0.919. The minimum Gasteiger partial charge on any atom is -0.870 e. The molecule has 0 radical (unpaired) electrons. The summed E-state index contributed by atoms with van der Waals surface area (Å²) in [7, 11) is -4.62. The molecule has 0 bridgehead atoms. The number of aryl methyl sites for hydroxylation is 1. The Balaban J connectivity index is 0.00000420. The van der Waals surface area contributed by atoms with Crippen LogP contribution in [-0.2, 0) is 10.1 Å². The Morgan fingerprint density at radius 1 is 1.05 bits per heavy atom. The van der Waals surface area contributed by atoms with E-state index >= 15 is 0 Å². The van der Waals surface area contributed by atoms with Crippen molar-refractivity contribution in [3.63, 3.8) is 0 Å². The first-order valence-electron chi connectivity index (χ1n) is 11.2. The van der Waals surface area contributed by atoms with Gasteiger partial charge in [-0.05, 0) is 61.2 Å². The molecule has 9 nitrogen and oxygen atoms in total. The summed E-state index contributed by atoms with van der Waals surface area (Å²) in [6, 6.07) is 15.3. The molecule has 0 saturated carbocycles. The number of azo groups is 1. The molecule has 0 spiro atoms. The van der Waals surface area contributed by atoms with E-state index in [0.717, 1.165) is 6.07 Å². The Kier molecular flexibility index (Phi) is 10.0. The van der Waals surface area contributed by atoms with Crippen LogP contribution in [0.15, 0.2) is 75.8 Å². The molecule has 196 valence electrons. The van der Waals surface area contributed by atoms with Crippen molar-refractivity contribution in [1.82, 2.24) is 0 Å². The second-order valence-corrected chi connectivity index (χ2v) is 10.3. The van der Waals surface area contributed by atoms with E-state index in [0.29, 0.717) is 39.4 Å². The number of carbonyl (C=O) groups is 1. The average Bonchev–Trinajstić information content (AvgIpc) is 2.85. The number of carbonyl (C=O) groups excluding carboxylic acids is 1. The minimum absolute atomic E-state index is 0. The van der Waals surface area contributed by atoms with Gasteiger partial charge in [-0.2, -0.15) is 18.6 Å². The van der Waals surface area contributed by atoms with E-state index in [4.69, 9.17) is 27.9 Å². The number of hydrogen-bond acceptors (Lipinski definition) is 7. The van der Waals surface area contributed by atoms with Gasteiger partial charge in [0.1, 0.15) is 10.6 Å². The smallest absolute Gasteiger partial charge is 0.870 e. The topological polar surface area (TPSA) is 140 Å². The fourth-order valence-corrected chi connectivity index (χ4v) is 4.99. The first-order chi connectivity index (χ1) is 18.0. The summed E-state index contributed by atoms with van der Waals surface area (Å²) in [6.45, 7) is 3.85. The first kappa shape index (κ1) is 30.8. The number of anilines is 1. The van der Waals surface area contributed by atoms with Crippen LogP contribution >= 0.6 is 23.2 Å². The molecule has 0 aromatic heterocycles. The van der Waals surface area contributed by atoms with E-state index in [-0.39, 0.29) is 51.5 Å². The molecule has 0 heterocycles. The molecule has 0 aliphatic carbocycles. The molecule has 0 saturated heterocycles. The number of ether oxygens (including phenoxy) is 1. The van der Waals surface area contributed by atoms with Crippen LogP contribution in [-0.4, -0.2) is 25.5 Å². The van der Waals surface area contributed by atoms with E-state index < -0.39 is 26.7 Å². The number of amides is 1. The Morgan fingerprint density at radius 2 is 1.77 bits per heavy atom. The van der Waals surface area contributed by atoms with E-state index in [1.54, 1.807) is 43.3 Å². The van der Waals surface area contributed by atoms with Gasteiger partial charge in [-0.3, -0.25) is 9.35 Å². The molecule has 0 aliphatic heterocycles. The standard InChI is InChI=1S/C26H21Cl2N3O6S.Na/c1-3-37-22-9-8-16(12-19(22)27)29-26(33)18-11-15-6-4-5-7-17(15)24(25(18)32)31-30-21-13-23(38(34,35)36)20(28)10-14(21)2;/h4-13,32H,3H2,1-2H3,(H,29,33)(H,34,35,36);/q;+1/p-1. The van der Waals surface area contributed by atoms with Crippen molar-refractivity contribution in [1.29, 1.82) is 0 Å². The summed E-state index contributed by atoms with van der Waals surface area (Å²) in [6.07, 6.45) is 0. The van der Waals surface area contributed by atoms with E-state index in [1.807, 2.05) is 6.92 Å². The maximum atomic E-state index is 13.4. The van der Waals surface area contributed by atoms with Crippen LogP contribution in [0.2, 0.25) is 10.0 Å². The molecular formula is C26H20Cl2N3NaO6S. The first-order valence-corrected chi connectivity index (χ1v) is 13.3. The fraction of sp³-hybridized carbons (Fsp3) is 0.115. The molecule has 0 aliphatic rings. The predicted molar refractivity (Wildman–Crippen MR) is 144 cm³/mol. The van der Waals surface area contributed by atoms with Crippen molar-refractivity contribution >= 4 is 67.1 Å². The van der Waals surface area contributed by atoms with E-state index in [9.17, 15) is 22.9 Å². The second-order valence-electron chi connectivity index (χ2n) is 8.10. The second kappa shape index (κ2) is 12.6. The number of nitrogens with one attached hydrogen (secondary N) is 1. The molecule has 1 amide bonds. The van der Waals surface area contributed by atoms with Crippen molar-refractivity contribution in [3.05, 3.63) is 81.8 Å². The molecule has 4 aromatic rings. The molecule has 0 unspecified atom stereocenters. The van der Waals surface area contributed by atoms with Gasteiger partial charge >= 0.3 is 29.6 Å². The zero-order valence-electron chi connectivity index (χ0n) is 21.0. The van der Waals surface area contributed by atoms with Crippen LogP contribution in [0, 0.1) is 6.92 Å². The number of rotatable bonds is 7. The maximum Gasteiger partial charge on any atom is 1.00 e. The van der Waals surface area contributed by atoms with Crippen molar-refractivity contribution in [3.8, 4) is 11.5 Å². The Labute approximate surface area is 256 Å². The van der Waals surface area contributed by atoms with Crippen LogP contribution in [0.4, 0.5) is 17.1 Å². The van der Waals surface area contributed by atoms with Crippen LogP contribution in [0.25, 0.3) is 10.8 Å². The third kappa shape index (κ3) is 6.90. The molecule has 4 rings (SSSR count). The van der Waals surface area contributed by atoms with Gasteiger partial charge in [0.15, 0.2) is 0 Å². The van der Waals surface area contributed by atoms with E-state index in [2.05, 4.69) is 15.5 Å². The summed E-state index contributed by atoms with van der Waals surface area (Å²) in [5, 5.41) is 25.3. The molecule has 2 N–H and O–H groups in total. The van der Waals surface area contributed by atoms with Crippen molar-refractivity contribution < 1.29 is 57.2 Å². The van der Waals surface area contributed by atoms with Crippen molar-refractivity contribution in [2.45, 2.75) is 18.7 Å². The van der Waals surface area contributed by atoms with Gasteiger partial charge < -0.3 is 15.2 Å². The van der Waals surface area contributed by atoms with Crippen molar-refractivity contribution in [2.75, 3.05) is 11.9 Å². The quantitative estimate of drug-likeness (QED) is 0.189. The summed E-state index contributed by atoms with van der Waals surface area (Å²) >= 11 is 12.1. The zero-order valence-corrected chi connectivity index (χ0v) is 25.4. The summed E-state index contributed by atoms with van der Waals surface area (Å²) < 4.78 is 38.1. The largest absolute Gasteiger partial charge is 1.00 e. The fourth-order valence-electron chi connectivity index (χ4n) is 3.68. The molecule has 0 fully saturated rings. The summed E-state index contributed by atoms with van der Waals surface area (Å²) in [4.78, 5) is 12.6. The SMILES string of the molecule is CCOc1ccc(NC(=O)c2cc3ccccc3c(N=Nc3cc(S(=O)(=O)O)c(Cl)cc3C)c2[O-])cc1Cl.[Na+]. The number of halogens is 2. The Morgan fingerprint density at radius 3 is 2.44 bits per heavy atom. The van der Waals surface area contributed by atoms with Gasteiger partial charge in [0.05, 0.1) is 28.0 Å². The van der Waals surface area contributed by atoms with Gasteiger partial charge in [0.25, 0.3) is 16.0 Å². The number of nitrogens with zero attached hydrogens (tertiary/aromatic N) is 2. The third-order valence-corrected chi connectivity index (χ3v) is 7.11. The van der Waals surface area contributed by atoms with Gasteiger partial charge in [-0.15, -0.1) is 0 Å². The normalized spacial score (nSPS) is 11.4. The molecule has 13 heteroatoms. The van der Waals surface area contributed by atoms with Crippen LogP contribution < -0.4 is 44.7 Å². The Hall–Kier alpha value is -2.70. The number of hydrogen-bond donors (Lipinski definition) is 2. The molecule has 0 atom stereocenters. The minimum atomic E-state index is -4.62. The molecular weight excluding hydrogens is 576 g/mol. The van der Waals surface area contributed by atoms with E-state index in [1.165, 1.54) is 18.2 Å². The molecule has 4 aromatic carbocycles. The van der Waals surface area contributed by atoms with Crippen LogP contribution in [0.5, 0.6) is 11.5 Å². The molecule has 39 heavy (non-hydrogen) atoms. The van der Waals surface area contributed by atoms with Gasteiger partial charge in [-0.1, -0.05) is 53.2 Å². The van der Waals surface area contributed by atoms with Gasteiger partial charge in [-0.25, -0.2) is 0 Å². The zero-order chi connectivity index (χ0) is 27.6. The average molecular weight is 596 g/mol. The number of benzene rings is 4. The maximum absolute atomic E-state index is 13.4. The van der Waals surface area contributed by atoms with Gasteiger partial charge in [0.2, 0.25) is 0 Å². The van der Waals surface area contributed by atoms with Gasteiger partial charge in [0, 0.05) is 16.6 Å². The monoisotopic (exact) mass is 595 g/mol. The van der Waals surface area contributed by atoms with Crippen LogP contribution in [0.3, 0.4) is 0 Å². The predicted octanol–water partition coefficient (Wildman–Crippen LogP) is 3.85. The van der Waals surface area contributed by atoms with Crippen LogP contribution in [0.1, 0.15) is 22.8 Å². The van der Waals surface area contributed by atoms with Crippen molar-refractivity contribution in [2.24, 2.45) is 10.2 Å². The summed E-state index contributed by atoms with van der Waals surface area (Å²) in [5.41, 5.74) is 0.553. The number of fused-ring (bicyclic) bond motifs is 1. The Bertz CT molecular complexity index is 1710. The third-order valence-electron chi connectivity index (χ3n) is 5.50.